The van der Waals surface area contributed by atoms with Crippen molar-refractivity contribution in [2.24, 2.45) is 0 Å². The van der Waals surface area contributed by atoms with E-state index in [1.54, 1.807) is 0 Å². The Morgan fingerprint density at radius 2 is 1.80 bits per heavy atom. The van der Waals surface area contributed by atoms with Crippen LogP contribution < -0.4 is 16.4 Å². The molecule has 0 heterocycles. The number of rotatable bonds is 8. The van der Waals surface area contributed by atoms with E-state index in [1.165, 1.54) is 6.92 Å². The van der Waals surface area contributed by atoms with E-state index in [0.717, 1.165) is 35.6 Å². The molecule has 0 aliphatic rings. The fourth-order valence-electron chi connectivity index (χ4n) is 2.95. The summed E-state index contributed by atoms with van der Waals surface area (Å²) >= 11 is 0. The number of nitrogen functional groups attached to an aromatic ring is 1. The number of nitrogens with one attached hydrogen (secondary N) is 2. The van der Waals surface area contributed by atoms with E-state index in [4.69, 9.17) is 5.73 Å². The van der Waals surface area contributed by atoms with E-state index in [1.807, 2.05) is 36.4 Å². The van der Waals surface area contributed by atoms with Gasteiger partial charge in [-0.2, -0.15) is 0 Å². The molecule has 0 aliphatic carbocycles. The van der Waals surface area contributed by atoms with Gasteiger partial charge in [0.05, 0.1) is 0 Å². The molecule has 0 bridgehead atoms. The minimum Gasteiger partial charge on any atom is -0.398 e. The first-order valence-electron chi connectivity index (χ1n) is 8.83. The van der Waals surface area contributed by atoms with Crippen LogP contribution in [0.15, 0.2) is 36.4 Å². The molecule has 0 fully saturated rings. The molecule has 0 spiro atoms. The molecule has 5 heteroatoms. The summed E-state index contributed by atoms with van der Waals surface area (Å²) in [6, 6.07) is 11.0. The van der Waals surface area contributed by atoms with Crippen molar-refractivity contribution in [3.8, 4) is 0 Å². The zero-order valence-electron chi connectivity index (χ0n) is 15.0. The number of hydrogen-bond acceptors (Lipinski definition) is 3. The Kier molecular flexibility index (Phi) is 6.81. The molecule has 2 rings (SSSR count). The Balaban J connectivity index is 2.18. The Hall–Kier alpha value is -2.56. The van der Waals surface area contributed by atoms with Crippen molar-refractivity contribution in [1.29, 1.82) is 0 Å². The summed E-state index contributed by atoms with van der Waals surface area (Å²) in [4.78, 5) is 24.0. The smallest absolute Gasteiger partial charge is 0.242 e. The number of unbranched alkanes of at least 4 members (excludes halogenated alkanes) is 2. The van der Waals surface area contributed by atoms with E-state index in [0.29, 0.717) is 18.7 Å². The number of carbonyl (C=O) groups excluding carboxylic acids is 2. The zero-order chi connectivity index (χ0) is 18.2. The lowest BCUT2D eigenvalue weighted by atomic mass is 9.97. The van der Waals surface area contributed by atoms with Crippen LogP contribution in [0.5, 0.6) is 0 Å². The van der Waals surface area contributed by atoms with Crippen LogP contribution in [0, 0.1) is 0 Å². The second-order valence-electron chi connectivity index (χ2n) is 6.31. The SMILES string of the molecule is CCCCCNC(=O)C(Cc1ccc(N)c2ccccc12)NC(C)=O. The molecule has 25 heavy (non-hydrogen) atoms. The van der Waals surface area contributed by atoms with Crippen molar-refractivity contribution >= 4 is 28.3 Å². The average molecular weight is 341 g/mol. The molecule has 0 saturated carbocycles. The predicted octanol–water partition coefficient (Wildman–Crippen LogP) is 2.78. The van der Waals surface area contributed by atoms with E-state index >= 15 is 0 Å². The van der Waals surface area contributed by atoms with Crippen molar-refractivity contribution in [3.05, 3.63) is 42.0 Å². The number of hydrogen-bond donors (Lipinski definition) is 3. The van der Waals surface area contributed by atoms with Gasteiger partial charge in [-0.3, -0.25) is 9.59 Å². The molecule has 4 N–H and O–H groups in total. The molecular weight excluding hydrogens is 314 g/mol. The standard InChI is InChI=1S/C20H27N3O2/c1-3-4-7-12-22-20(25)19(23-14(2)24)13-15-10-11-18(21)17-9-6-5-8-16(15)17/h5-6,8-11,19H,3-4,7,12-13,21H2,1-2H3,(H,22,25)(H,23,24). The minimum atomic E-state index is -0.592. The molecule has 0 saturated heterocycles. The average Bonchev–Trinajstić information content (AvgIpc) is 2.60. The summed E-state index contributed by atoms with van der Waals surface area (Å²) < 4.78 is 0. The highest BCUT2D eigenvalue weighted by molar-refractivity contribution is 5.96. The van der Waals surface area contributed by atoms with Crippen LogP contribution in [0.4, 0.5) is 5.69 Å². The summed E-state index contributed by atoms with van der Waals surface area (Å²) in [7, 11) is 0. The molecule has 2 amide bonds. The van der Waals surface area contributed by atoms with Gasteiger partial charge in [0.1, 0.15) is 6.04 Å². The molecular formula is C20H27N3O2. The van der Waals surface area contributed by atoms with Gasteiger partial charge in [0.2, 0.25) is 11.8 Å². The van der Waals surface area contributed by atoms with Crippen LogP contribution in [0.2, 0.25) is 0 Å². The van der Waals surface area contributed by atoms with Gasteiger partial charge >= 0.3 is 0 Å². The van der Waals surface area contributed by atoms with E-state index in [9.17, 15) is 9.59 Å². The largest absolute Gasteiger partial charge is 0.398 e. The monoisotopic (exact) mass is 341 g/mol. The Labute approximate surface area is 149 Å². The third-order valence-electron chi connectivity index (χ3n) is 4.25. The Morgan fingerprint density at radius 1 is 1.08 bits per heavy atom. The quantitative estimate of drug-likeness (QED) is 0.510. The third kappa shape index (κ3) is 5.21. The summed E-state index contributed by atoms with van der Waals surface area (Å²) in [6.07, 6.45) is 3.55. The first kappa shape index (κ1) is 18.8. The first-order chi connectivity index (χ1) is 12.0. The number of anilines is 1. The molecule has 1 unspecified atom stereocenters. The predicted molar refractivity (Wildman–Crippen MR) is 102 cm³/mol. The molecule has 2 aromatic rings. The number of amides is 2. The van der Waals surface area contributed by atoms with E-state index in [-0.39, 0.29) is 11.8 Å². The van der Waals surface area contributed by atoms with Gasteiger partial charge in [0, 0.05) is 31.0 Å². The fourth-order valence-corrected chi connectivity index (χ4v) is 2.95. The van der Waals surface area contributed by atoms with Crippen LogP contribution >= 0.6 is 0 Å². The lowest BCUT2D eigenvalue weighted by Gasteiger charge is -2.19. The van der Waals surface area contributed by atoms with Gasteiger partial charge in [-0.1, -0.05) is 50.1 Å². The fraction of sp³-hybridized carbons (Fsp3) is 0.400. The highest BCUT2D eigenvalue weighted by Crippen LogP contribution is 2.25. The highest BCUT2D eigenvalue weighted by atomic mass is 16.2. The Morgan fingerprint density at radius 3 is 2.48 bits per heavy atom. The van der Waals surface area contributed by atoms with Gasteiger partial charge in [-0.15, -0.1) is 0 Å². The Bertz CT molecular complexity index is 743. The molecule has 5 nitrogen and oxygen atoms in total. The first-order valence-corrected chi connectivity index (χ1v) is 8.83. The molecule has 2 aromatic carbocycles. The third-order valence-corrected chi connectivity index (χ3v) is 4.25. The maximum atomic E-state index is 12.5. The second kappa shape index (κ2) is 9.06. The number of benzene rings is 2. The van der Waals surface area contributed by atoms with Crippen molar-refractivity contribution in [2.75, 3.05) is 12.3 Å². The normalized spacial score (nSPS) is 11.9. The number of fused-ring (bicyclic) bond motifs is 1. The van der Waals surface area contributed by atoms with Crippen molar-refractivity contribution in [2.45, 2.75) is 45.6 Å². The van der Waals surface area contributed by atoms with Crippen molar-refractivity contribution < 1.29 is 9.59 Å². The molecule has 134 valence electrons. The summed E-state index contributed by atoms with van der Waals surface area (Å²) in [5.41, 5.74) is 7.74. The minimum absolute atomic E-state index is 0.146. The molecule has 0 aromatic heterocycles. The zero-order valence-corrected chi connectivity index (χ0v) is 15.0. The van der Waals surface area contributed by atoms with Gasteiger partial charge < -0.3 is 16.4 Å². The number of nitrogens with two attached hydrogens (primary N) is 1. The lowest BCUT2D eigenvalue weighted by Crippen LogP contribution is -2.47. The molecule has 0 aliphatic heterocycles. The van der Waals surface area contributed by atoms with Gasteiger partial charge in [-0.05, 0) is 23.4 Å². The van der Waals surface area contributed by atoms with Crippen LogP contribution in [-0.4, -0.2) is 24.4 Å². The topological polar surface area (TPSA) is 84.2 Å². The summed E-state index contributed by atoms with van der Waals surface area (Å²) in [5.74, 6) is -0.360. The number of carbonyl (C=O) groups is 2. The van der Waals surface area contributed by atoms with E-state index < -0.39 is 6.04 Å². The van der Waals surface area contributed by atoms with Crippen LogP contribution in [0.25, 0.3) is 10.8 Å². The van der Waals surface area contributed by atoms with Crippen LogP contribution in [0.1, 0.15) is 38.7 Å². The van der Waals surface area contributed by atoms with Crippen molar-refractivity contribution in [1.82, 2.24) is 10.6 Å². The van der Waals surface area contributed by atoms with E-state index in [2.05, 4.69) is 17.6 Å². The maximum absolute atomic E-state index is 12.5. The van der Waals surface area contributed by atoms with Gasteiger partial charge in [0.25, 0.3) is 0 Å². The second-order valence-corrected chi connectivity index (χ2v) is 6.31. The maximum Gasteiger partial charge on any atom is 0.242 e. The van der Waals surface area contributed by atoms with Gasteiger partial charge in [-0.25, -0.2) is 0 Å². The van der Waals surface area contributed by atoms with Crippen molar-refractivity contribution in [3.63, 3.8) is 0 Å². The summed E-state index contributed by atoms with van der Waals surface area (Å²) in [5, 5.41) is 7.66. The van der Waals surface area contributed by atoms with Gasteiger partial charge in [0.15, 0.2) is 0 Å². The lowest BCUT2D eigenvalue weighted by molar-refractivity contribution is -0.128. The highest BCUT2D eigenvalue weighted by Gasteiger charge is 2.20. The van der Waals surface area contributed by atoms with Crippen LogP contribution in [-0.2, 0) is 16.0 Å². The summed E-state index contributed by atoms with van der Waals surface area (Å²) in [6.45, 7) is 4.18. The molecule has 1 atom stereocenters. The molecule has 0 radical (unpaired) electrons. The van der Waals surface area contributed by atoms with Crippen LogP contribution in [0.3, 0.4) is 0 Å².